The van der Waals surface area contributed by atoms with Gasteiger partial charge in [-0.15, -0.1) is 8.78 Å². The zero-order valence-electron chi connectivity index (χ0n) is 24.7. The van der Waals surface area contributed by atoms with E-state index in [-0.39, 0.29) is 42.4 Å². The van der Waals surface area contributed by atoms with Crippen molar-refractivity contribution >= 4 is 22.5 Å². The highest BCUT2D eigenvalue weighted by Gasteiger charge is 2.53. The fourth-order valence-electron chi connectivity index (χ4n) is 5.98. The summed E-state index contributed by atoms with van der Waals surface area (Å²) in [6.45, 7) is 4.56. The number of ether oxygens (including phenoxy) is 3. The number of nitrogens with zero attached hydrogens (tertiary/aromatic N) is 1. The van der Waals surface area contributed by atoms with E-state index in [0.29, 0.717) is 48.9 Å². The van der Waals surface area contributed by atoms with Crippen LogP contribution in [0.2, 0.25) is 0 Å². The maximum atomic E-state index is 15.7. The maximum absolute atomic E-state index is 15.7. The van der Waals surface area contributed by atoms with Gasteiger partial charge in [0.05, 0.1) is 36.4 Å². The van der Waals surface area contributed by atoms with Crippen LogP contribution >= 0.6 is 0 Å². The van der Waals surface area contributed by atoms with Gasteiger partial charge < -0.3 is 39.4 Å². The zero-order valence-corrected chi connectivity index (χ0v) is 24.7. The molecule has 1 amide bonds. The first-order chi connectivity index (χ1) is 20.8. The molecule has 1 atom stereocenters. The molecule has 2 saturated carbocycles. The van der Waals surface area contributed by atoms with E-state index < -0.39 is 35.0 Å². The summed E-state index contributed by atoms with van der Waals surface area (Å²) in [5.41, 5.74) is 0.332. The second-order valence-electron chi connectivity index (χ2n) is 13.1. The molecule has 0 unspecified atom stereocenters. The van der Waals surface area contributed by atoms with Crippen molar-refractivity contribution in [1.29, 1.82) is 0 Å². The fourth-order valence-corrected chi connectivity index (χ4v) is 5.98. The molecule has 238 valence electrons. The van der Waals surface area contributed by atoms with Crippen molar-refractivity contribution in [3.05, 3.63) is 53.5 Å². The van der Waals surface area contributed by atoms with E-state index >= 15 is 4.39 Å². The summed E-state index contributed by atoms with van der Waals surface area (Å²) in [6.07, 6.45) is -1.49. The number of nitrogens with one attached hydrogen (secondary N) is 1. The number of hydrogen-bond acceptors (Lipinski definition) is 7. The minimum absolute atomic E-state index is 0.00664. The summed E-state index contributed by atoms with van der Waals surface area (Å²) in [7, 11) is 0. The fraction of sp³-hybridized carbons (Fsp3) is 0.531. The van der Waals surface area contributed by atoms with Gasteiger partial charge in [-0.05, 0) is 61.9 Å². The number of alkyl halides is 2. The Bertz CT molecular complexity index is 1580. The Kier molecular flexibility index (Phi) is 7.63. The molecule has 2 aliphatic carbocycles. The normalized spacial score (nSPS) is 19.6. The smallest absolute Gasteiger partial charge is 0.396 e. The lowest BCUT2D eigenvalue weighted by Gasteiger charge is -2.29. The lowest BCUT2D eigenvalue weighted by molar-refractivity contribution is -0.286. The molecule has 0 bridgehead atoms. The van der Waals surface area contributed by atoms with Gasteiger partial charge in [0.25, 0.3) is 0 Å². The average molecular weight is 619 g/mol. The Hall–Kier alpha value is -3.32. The number of rotatable bonds is 13. The third kappa shape index (κ3) is 5.76. The molecule has 0 saturated heterocycles. The van der Waals surface area contributed by atoms with Crippen LogP contribution in [0.1, 0.15) is 57.2 Å². The first-order valence-corrected chi connectivity index (χ1v) is 14.8. The number of carbonyl (C=O) groups is 1. The van der Waals surface area contributed by atoms with Crippen LogP contribution in [-0.4, -0.2) is 64.6 Å². The molecule has 2 fully saturated rings. The van der Waals surface area contributed by atoms with E-state index in [1.165, 1.54) is 18.2 Å². The summed E-state index contributed by atoms with van der Waals surface area (Å²) in [6, 6.07) is 9.23. The number of hydrogen-bond donors (Lipinski definition) is 4. The van der Waals surface area contributed by atoms with Crippen molar-refractivity contribution in [2.45, 2.75) is 75.7 Å². The highest BCUT2D eigenvalue weighted by molar-refractivity contribution is 6.03. The summed E-state index contributed by atoms with van der Waals surface area (Å²) < 4.78 is 59.4. The Labute approximate surface area is 252 Å². The number of aliphatic hydroxyl groups excluding tert-OH is 3. The first-order valence-electron chi connectivity index (χ1n) is 14.8. The van der Waals surface area contributed by atoms with Crippen LogP contribution in [0, 0.1) is 11.2 Å². The second-order valence-corrected chi connectivity index (χ2v) is 13.1. The molecule has 3 aromatic rings. The number of aliphatic hydroxyl groups is 3. The molecule has 0 spiro atoms. The van der Waals surface area contributed by atoms with Crippen molar-refractivity contribution in [2.24, 2.45) is 5.41 Å². The number of carbonyl (C=O) groups excluding carboxylic acids is 1. The quantitative estimate of drug-likeness (QED) is 0.207. The molecule has 12 heteroatoms. The van der Waals surface area contributed by atoms with Gasteiger partial charge in [0.15, 0.2) is 11.5 Å². The van der Waals surface area contributed by atoms with Crippen LogP contribution in [0.5, 0.6) is 11.5 Å². The number of fused-ring (bicyclic) bond motifs is 2. The maximum Gasteiger partial charge on any atom is 0.586 e. The number of amides is 1. The third-order valence-electron chi connectivity index (χ3n) is 9.25. The standard InChI is InChI=1S/C32H37F3N2O7/c1-29(2,9-10-42-16-21(40)15-38)27-12-19-11-23(22(33)14-24(19)37(27)17-30(18-39)5-6-30)36-28(41)31(7-8-31)20-3-4-25-26(13-20)44-32(34,35)43-25/h3-4,11-14,21,38-40H,5-10,15-18H2,1-2H3,(H,36,41)/t21-/m0/s1. The first kappa shape index (κ1) is 30.7. The highest BCUT2D eigenvalue weighted by Crippen LogP contribution is 2.53. The van der Waals surface area contributed by atoms with Gasteiger partial charge in [-0.3, -0.25) is 4.79 Å². The summed E-state index contributed by atoms with van der Waals surface area (Å²) >= 11 is 0. The molecule has 0 radical (unpaired) electrons. The van der Waals surface area contributed by atoms with E-state index in [2.05, 4.69) is 14.8 Å². The summed E-state index contributed by atoms with van der Waals surface area (Å²) in [5, 5.41) is 32.1. The summed E-state index contributed by atoms with van der Waals surface area (Å²) in [4.78, 5) is 13.5. The van der Waals surface area contributed by atoms with E-state index in [4.69, 9.17) is 9.84 Å². The Morgan fingerprint density at radius 3 is 2.48 bits per heavy atom. The molecule has 2 heterocycles. The second kappa shape index (κ2) is 10.9. The van der Waals surface area contributed by atoms with Crippen LogP contribution in [0.15, 0.2) is 36.4 Å². The largest absolute Gasteiger partial charge is 0.586 e. The topological polar surface area (TPSA) is 122 Å². The van der Waals surface area contributed by atoms with Crippen LogP contribution in [0.4, 0.5) is 18.9 Å². The number of benzene rings is 2. The van der Waals surface area contributed by atoms with Gasteiger partial charge in [0.2, 0.25) is 5.91 Å². The molecule has 3 aliphatic rings. The van der Waals surface area contributed by atoms with Crippen LogP contribution in [-0.2, 0) is 26.9 Å². The number of anilines is 1. The van der Waals surface area contributed by atoms with Gasteiger partial charge in [0.1, 0.15) is 11.9 Å². The summed E-state index contributed by atoms with van der Waals surface area (Å²) in [5.74, 6) is -1.33. The molecule has 1 aliphatic heterocycles. The molecule has 6 rings (SSSR count). The lowest BCUT2D eigenvalue weighted by atomic mass is 9.85. The van der Waals surface area contributed by atoms with E-state index in [1.807, 2.05) is 24.5 Å². The zero-order chi connectivity index (χ0) is 31.5. The van der Waals surface area contributed by atoms with E-state index in [1.54, 1.807) is 12.1 Å². The van der Waals surface area contributed by atoms with Crippen molar-refractivity contribution < 1.29 is 47.5 Å². The van der Waals surface area contributed by atoms with Gasteiger partial charge in [-0.2, -0.15) is 0 Å². The van der Waals surface area contributed by atoms with Crippen LogP contribution in [0.25, 0.3) is 10.9 Å². The average Bonchev–Trinajstić information content (AvgIpc) is 3.89. The van der Waals surface area contributed by atoms with Gasteiger partial charge in [-0.1, -0.05) is 19.9 Å². The molecular weight excluding hydrogens is 581 g/mol. The van der Waals surface area contributed by atoms with Gasteiger partial charge in [0, 0.05) is 41.1 Å². The minimum atomic E-state index is -3.77. The molecule has 4 N–H and O–H groups in total. The number of aromatic nitrogens is 1. The molecule has 2 aromatic carbocycles. The minimum Gasteiger partial charge on any atom is -0.396 e. The van der Waals surface area contributed by atoms with Crippen molar-refractivity contribution in [3.8, 4) is 11.5 Å². The molecule has 1 aromatic heterocycles. The van der Waals surface area contributed by atoms with E-state index in [0.717, 1.165) is 18.5 Å². The van der Waals surface area contributed by atoms with Gasteiger partial charge >= 0.3 is 6.29 Å². The van der Waals surface area contributed by atoms with Gasteiger partial charge in [-0.25, -0.2) is 4.39 Å². The van der Waals surface area contributed by atoms with Crippen LogP contribution in [0.3, 0.4) is 0 Å². The van der Waals surface area contributed by atoms with Crippen LogP contribution < -0.4 is 14.8 Å². The monoisotopic (exact) mass is 618 g/mol. The Morgan fingerprint density at radius 2 is 1.82 bits per heavy atom. The lowest BCUT2D eigenvalue weighted by Crippen LogP contribution is -2.28. The third-order valence-corrected chi connectivity index (χ3v) is 9.25. The predicted molar refractivity (Wildman–Crippen MR) is 154 cm³/mol. The molecular formula is C32H37F3N2O7. The number of halogens is 3. The molecule has 44 heavy (non-hydrogen) atoms. The SMILES string of the molecule is CC(C)(CCOC[C@@H](O)CO)c1cc2cc(NC(=O)C3(c4ccc5c(c4)OC(F)(F)O5)CC3)c(F)cc2n1CC1(CO)CC1. The highest BCUT2D eigenvalue weighted by atomic mass is 19.3. The predicted octanol–water partition coefficient (Wildman–Crippen LogP) is 4.58. The van der Waals surface area contributed by atoms with Crippen molar-refractivity contribution in [2.75, 3.05) is 31.7 Å². The molecule has 9 nitrogen and oxygen atoms in total. The van der Waals surface area contributed by atoms with Crippen molar-refractivity contribution in [3.63, 3.8) is 0 Å². The Morgan fingerprint density at radius 1 is 1.09 bits per heavy atom. The Balaban J connectivity index is 1.27. The van der Waals surface area contributed by atoms with E-state index in [9.17, 15) is 23.8 Å². The van der Waals surface area contributed by atoms with Crippen molar-refractivity contribution in [1.82, 2.24) is 4.57 Å².